The number of thioether (sulfide) groups is 1. The Morgan fingerprint density at radius 2 is 2.44 bits per heavy atom. The van der Waals surface area contributed by atoms with Crippen molar-refractivity contribution >= 4 is 16.9 Å². The predicted octanol–water partition coefficient (Wildman–Crippen LogP) is 2.34. The Morgan fingerprint density at radius 3 is 3.06 bits per heavy atom. The zero-order valence-electron chi connectivity index (χ0n) is 9.91. The number of amidine groups is 1. The third-order valence-electron chi connectivity index (χ3n) is 2.47. The molecular weight excluding hydrogens is 222 g/mol. The van der Waals surface area contributed by atoms with Gasteiger partial charge in [-0.3, -0.25) is 4.99 Å². The number of nitrogens with zero attached hydrogens (tertiary/aromatic N) is 2. The van der Waals surface area contributed by atoms with E-state index < -0.39 is 0 Å². The van der Waals surface area contributed by atoms with E-state index in [1.54, 1.807) is 11.8 Å². The fraction of sp³-hybridized carbons (Fsp3) is 0.636. The molecule has 1 saturated heterocycles. The molecule has 1 N–H and O–H groups in total. The Hall–Kier alpha value is -0.970. The van der Waals surface area contributed by atoms with Crippen molar-refractivity contribution in [2.24, 2.45) is 4.99 Å². The lowest BCUT2D eigenvalue weighted by Crippen LogP contribution is -2.46. The Labute approximate surface area is 99.9 Å². The number of nitrogens with one attached hydrogen (secondary N) is 1. The van der Waals surface area contributed by atoms with Crippen LogP contribution in [0.3, 0.4) is 0 Å². The molecule has 0 atom stereocenters. The molecule has 1 fully saturated rings. The third-order valence-corrected chi connectivity index (χ3v) is 3.38. The summed E-state index contributed by atoms with van der Waals surface area (Å²) >= 11 is 1.77. The molecule has 4 nitrogen and oxygen atoms in total. The van der Waals surface area contributed by atoms with Gasteiger partial charge in [-0.2, -0.15) is 0 Å². The first kappa shape index (κ1) is 11.5. The fourth-order valence-corrected chi connectivity index (χ4v) is 2.83. The van der Waals surface area contributed by atoms with Gasteiger partial charge in [0, 0.05) is 17.4 Å². The number of aryl methyl sites for hydroxylation is 1. The summed E-state index contributed by atoms with van der Waals surface area (Å²) in [7, 11) is 0. The Morgan fingerprint density at radius 1 is 1.62 bits per heavy atom. The van der Waals surface area contributed by atoms with Crippen LogP contribution in [0.25, 0.3) is 0 Å². The molecule has 0 saturated carbocycles. The molecule has 0 aliphatic carbocycles. The van der Waals surface area contributed by atoms with Crippen LogP contribution in [-0.2, 0) is 6.54 Å². The molecule has 2 heterocycles. The summed E-state index contributed by atoms with van der Waals surface area (Å²) in [5.41, 5.74) is 1.06. The summed E-state index contributed by atoms with van der Waals surface area (Å²) in [6.07, 6.45) is 1.16. The lowest BCUT2D eigenvalue weighted by atomic mass is 10.0. The van der Waals surface area contributed by atoms with E-state index >= 15 is 0 Å². The molecule has 1 aromatic rings. The van der Waals surface area contributed by atoms with E-state index in [-0.39, 0.29) is 5.54 Å². The molecule has 5 heteroatoms. The van der Waals surface area contributed by atoms with Gasteiger partial charge in [0.2, 0.25) is 0 Å². The largest absolute Gasteiger partial charge is 0.360 e. The van der Waals surface area contributed by atoms with E-state index in [1.807, 2.05) is 13.0 Å². The second-order valence-electron chi connectivity index (χ2n) is 4.66. The number of hydrogen-bond donors (Lipinski definition) is 1. The minimum absolute atomic E-state index is 0.154. The first-order valence-electron chi connectivity index (χ1n) is 5.43. The summed E-state index contributed by atoms with van der Waals surface area (Å²) < 4.78 is 5.11. The van der Waals surface area contributed by atoms with Crippen LogP contribution in [-0.4, -0.2) is 21.6 Å². The van der Waals surface area contributed by atoms with Crippen LogP contribution in [0.1, 0.15) is 31.7 Å². The van der Waals surface area contributed by atoms with Crippen LogP contribution in [0.15, 0.2) is 15.6 Å². The van der Waals surface area contributed by atoms with Gasteiger partial charge < -0.3 is 9.84 Å². The third kappa shape index (κ3) is 3.01. The van der Waals surface area contributed by atoms with E-state index in [0.29, 0.717) is 6.54 Å². The highest BCUT2D eigenvalue weighted by Gasteiger charge is 2.24. The molecule has 2 rings (SSSR count). The van der Waals surface area contributed by atoms with Crippen LogP contribution in [0, 0.1) is 6.92 Å². The number of hydrogen-bond acceptors (Lipinski definition) is 4. The Bertz CT molecular complexity index is 398. The minimum Gasteiger partial charge on any atom is -0.360 e. The maximum atomic E-state index is 5.11. The highest BCUT2D eigenvalue weighted by atomic mass is 32.2. The van der Waals surface area contributed by atoms with Crippen molar-refractivity contribution in [1.82, 2.24) is 10.5 Å². The molecule has 1 aliphatic rings. The minimum atomic E-state index is 0.154. The Balaban J connectivity index is 1.97. The molecule has 1 aromatic heterocycles. The lowest BCUT2D eigenvalue weighted by Gasteiger charge is -2.32. The standard InChI is InChI=1S/C11H17N3OS/c1-8-6-9(15-14-8)7-12-10-13-11(2,3)4-5-16-10/h6H,4-5,7H2,1-3H3,(H,12,13). The molecule has 16 heavy (non-hydrogen) atoms. The highest BCUT2D eigenvalue weighted by molar-refractivity contribution is 8.13. The summed E-state index contributed by atoms with van der Waals surface area (Å²) in [6, 6.07) is 1.92. The molecule has 0 spiro atoms. The van der Waals surface area contributed by atoms with Gasteiger partial charge in [-0.05, 0) is 27.2 Å². The maximum Gasteiger partial charge on any atom is 0.158 e. The number of aliphatic imine (C=N–C) groups is 1. The van der Waals surface area contributed by atoms with Crippen LogP contribution < -0.4 is 5.32 Å². The van der Waals surface area contributed by atoms with Crippen molar-refractivity contribution in [1.29, 1.82) is 0 Å². The van der Waals surface area contributed by atoms with Crippen molar-refractivity contribution in [2.75, 3.05) is 5.75 Å². The topological polar surface area (TPSA) is 50.4 Å². The quantitative estimate of drug-likeness (QED) is 0.860. The average molecular weight is 239 g/mol. The summed E-state index contributed by atoms with van der Waals surface area (Å²) in [5.74, 6) is 1.93. The smallest absolute Gasteiger partial charge is 0.158 e. The van der Waals surface area contributed by atoms with Gasteiger partial charge >= 0.3 is 0 Å². The monoisotopic (exact) mass is 239 g/mol. The van der Waals surface area contributed by atoms with Gasteiger partial charge in [0.1, 0.15) is 6.54 Å². The van der Waals surface area contributed by atoms with Crippen molar-refractivity contribution in [3.8, 4) is 0 Å². The van der Waals surface area contributed by atoms with Gasteiger partial charge in [0.25, 0.3) is 0 Å². The van der Waals surface area contributed by atoms with Crippen LogP contribution >= 0.6 is 11.8 Å². The van der Waals surface area contributed by atoms with Crippen molar-refractivity contribution < 1.29 is 4.52 Å². The molecule has 0 unspecified atom stereocenters. The first-order chi connectivity index (χ1) is 7.55. The van der Waals surface area contributed by atoms with Crippen LogP contribution in [0.5, 0.6) is 0 Å². The SMILES string of the molecule is Cc1cc(CN=C2NC(C)(C)CCS2)on1. The molecule has 0 radical (unpaired) electrons. The van der Waals surface area contributed by atoms with Gasteiger partial charge in [-0.15, -0.1) is 0 Å². The number of rotatable bonds is 2. The summed E-state index contributed by atoms with van der Waals surface area (Å²) in [5, 5.41) is 8.26. The zero-order valence-corrected chi connectivity index (χ0v) is 10.7. The van der Waals surface area contributed by atoms with E-state index in [4.69, 9.17) is 4.52 Å². The van der Waals surface area contributed by atoms with Crippen LogP contribution in [0.4, 0.5) is 0 Å². The maximum absolute atomic E-state index is 5.11. The molecule has 0 amide bonds. The lowest BCUT2D eigenvalue weighted by molar-refractivity contribution is 0.381. The van der Waals surface area contributed by atoms with Gasteiger partial charge in [0.15, 0.2) is 10.9 Å². The van der Waals surface area contributed by atoms with Gasteiger partial charge in [-0.1, -0.05) is 16.9 Å². The molecular formula is C11H17N3OS. The summed E-state index contributed by atoms with van der Waals surface area (Å²) in [4.78, 5) is 4.50. The predicted molar refractivity (Wildman–Crippen MR) is 66.7 cm³/mol. The molecule has 0 bridgehead atoms. The molecule has 1 aliphatic heterocycles. The second kappa shape index (κ2) is 4.49. The van der Waals surface area contributed by atoms with Crippen molar-refractivity contribution in [3.05, 3.63) is 17.5 Å². The number of aromatic nitrogens is 1. The van der Waals surface area contributed by atoms with E-state index in [2.05, 4.69) is 29.3 Å². The highest BCUT2D eigenvalue weighted by Crippen LogP contribution is 2.21. The zero-order chi connectivity index (χ0) is 11.6. The van der Waals surface area contributed by atoms with Crippen LogP contribution in [0.2, 0.25) is 0 Å². The Kier molecular flexibility index (Phi) is 3.23. The average Bonchev–Trinajstić information content (AvgIpc) is 2.60. The normalized spacial score (nSPS) is 22.1. The van der Waals surface area contributed by atoms with E-state index in [9.17, 15) is 0 Å². The van der Waals surface area contributed by atoms with Gasteiger partial charge in [0.05, 0.1) is 5.69 Å². The first-order valence-corrected chi connectivity index (χ1v) is 6.41. The summed E-state index contributed by atoms with van der Waals surface area (Å²) in [6.45, 7) is 6.87. The molecule has 88 valence electrons. The van der Waals surface area contributed by atoms with E-state index in [1.165, 1.54) is 0 Å². The van der Waals surface area contributed by atoms with E-state index in [0.717, 1.165) is 28.8 Å². The second-order valence-corrected chi connectivity index (χ2v) is 5.75. The van der Waals surface area contributed by atoms with Gasteiger partial charge in [-0.25, -0.2) is 0 Å². The fourth-order valence-electron chi connectivity index (χ4n) is 1.52. The van der Waals surface area contributed by atoms with Crippen molar-refractivity contribution in [3.63, 3.8) is 0 Å². The van der Waals surface area contributed by atoms with Crippen molar-refractivity contribution in [2.45, 2.75) is 39.3 Å². The molecule has 0 aromatic carbocycles.